The molecule has 0 unspecified atom stereocenters. The van der Waals surface area contributed by atoms with Crippen LogP contribution in [0.2, 0.25) is 0 Å². The monoisotopic (exact) mass is 475 g/mol. The molecule has 10 heteroatoms. The first-order valence-electron chi connectivity index (χ1n) is 10.6. The predicted molar refractivity (Wildman–Crippen MR) is 124 cm³/mol. The number of pyridine rings is 1. The molecule has 0 atom stereocenters. The Balaban J connectivity index is 1.53. The van der Waals surface area contributed by atoms with Crippen molar-refractivity contribution in [3.63, 3.8) is 0 Å². The smallest absolute Gasteiger partial charge is 0.230 e. The zero-order valence-corrected chi connectivity index (χ0v) is 18.8. The molecule has 1 aromatic carbocycles. The SMILES string of the molecule is Cc1ncccc1-c1cc2c(-c3cn(C4CS(=O)(=O)C4)nc3-c3ccc(F)cc3)ncnc2o1. The normalized spacial score (nSPS) is 15.5. The fourth-order valence-corrected chi connectivity index (χ4v) is 5.59. The van der Waals surface area contributed by atoms with Crippen molar-refractivity contribution in [1.29, 1.82) is 0 Å². The predicted octanol–water partition coefficient (Wildman–Crippen LogP) is 4.23. The molecule has 0 N–H and O–H groups in total. The molecule has 0 spiro atoms. The summed E-state index contributed by atoms with van der Waals surface area (Å²) in [5, 5.41) is 5.37. The summed E-state index contributed by atoms with van der Waals surface area (Å²) < 4.78 is 44.8. The van der Waals surface area contributed by atoms with Crippen molar-refractivity contribution >= 4 is 20.9 Å². The summed E-state index contributed by atoms with van der Waals surface area (Å²) in [4.78, 5) is 13.1. The number of aryl methyl sites for hydroxylation is 1. The van der Waals surface area contributed by atoms with Gasteiger partial charge in [0.05, 0.1) is 28.6 Å². The molecule has 5 aromatic rings. The molecule has 0 amide bonds. The van der Waals surface area contributed by atoms with Crippen LogP contribution in [0.3, 0.4) is 0 Å². The summed E-state index contributed by atoms with van der Waals surface area (Å²) in [5.41, 5.74) is 4.61. The maximum Gasteiger partial charge on any atom is 0.230 e. The van der Waals surface area contributed by atoms with Crippen molar-refractivity contribution < 1.29 is 17.2 Å². The first-order valence-corrected chi connectivity index (χ1v) is 12.4. The van der Waals surface area contributed by atoms with Crippen LogP contribution in [0.4, 0.5) is 4.39 Å². The first-order chi connectivity index (χ1) is 16.4. The summed E-state index contributed by atoms with van der Waals surface area (Å²) in [6.45, 7) is 1.90. The molecule has 6 rings (SSSR count). The fourth-order valence-electron chi connectivity index (χ4n) is 4.21. The van der Waals surface area contributed by atoms with E-state index in [-0.39, 0.29) is 23.4 Å². The minimum Gasteiger partial charge on any atom is -0.438 e. The molecule has 0 aliphatic carbocycles. The molecular formula is C24H18FN5O3S. The third-order valence-corrected chi connectivity index (χ3v) is 7.76. The van der Waals surface area contributed by atoms with Gasteiger partial charge in [0.2, 0.25) is 5.71 Å². The number of fused-ring (bicyclic) bond motifs is 1. The zero-order chi connectivity index (χ0) is 23.4. The van der Waals surface area contributed by atoms with Crippen molar-refractivity contribution in [2.75, 3.05) is 11.5 Å². The minimum atomic E-state index is -3.04. The Morgan fingerprint density at radius 1 is 1.03 bits per heavy atom. The number of hydrogen-bond donors (Lipinski definition) is 0. The topological polar surface area (TPSA) is 104 Å². The van der Waals surface area contributed by atoms with Crippen LogP contribution in [0.5, 0.6) is 0 Å². The lowest BCUT2D eigenvalue weighted by Crippen LogP contribution is -2.38. The average Bonchev–Trinajstić information content (AvgIpc) is 3.43. The second-order valence-electron chi connectivity index (χ2n) is 8.30. The fraction of sp³-hybridized carbons (Fsp3) is 0.167. The van der Waals surface area contributed by atoms with E-state index in [2.05, 4.69) is 20.1 Å². The van der Waals surface area contributed by atoms with E-state index in [0.29, 0.717) is 39.4 Å². The summed E-state index contributed by atoms with van der Waals surface area (Å²) in [5.74, 6) is 0.326. The molecule has 0 bridgehead atoms. The quantitative estimate of drug-likeness (QED) is 0.383. The van der Waals surface area contributed by atoms with Gasteiger partial charge in [-0.3, -0.25) is 9.67 Å². The van der Waals surface area contributed by atoms with Crippen LogP contribution in [-0.2, 0) is 9.84 Å². The van der Waals surface area contributed by atoms with E-state index >= 15 is 0 Å². The van der Waals surface area contributed by atoms with Gasteiger partial charge in [-0.2, -0.15) is 5.10 Å². The van der Waals surface area contributed by atoms with Crippen LogP contribution in [0, 0.1) is 12.7 Å². The van der Waals surface area contributed by atoms with Crippen molar-refractivity contribution in [3.05, 3.63) is 72.7 Å². The Bertz CT molecular complexity index is 1650. The lowest BCUT2D eigenvalue weighted by Gasteiger charge is -2.25. The second kappa shape index (κ2) is 7.56. The molecule has 1 aliphatic rings. The summed E-state index contributed by atoms with van der Waals surface area (Å²) in [6, 6.07) is 11.4. The van der Waals surface area contributed by atoms with Gasteiger partial charge < -0.3 is 4.42 Å². The van der Waals surface area contributed by atoms with E-state index in [1.54, 1.807) is 29.2 Å². The molecule has 170 valence electrons. The van der Waals surface area contributed by atoms with E-state index in [1.165, 1.54) is 18.5 Å². The van der Waals surface area contributed by atoms with Gasteiger partial charge in [-0.05, 0) is 49.4 Å². The number of aromatic nitrogens is 5. The van der Waals surface area contributed by atoms with E-state index in [9.17, 15) is 12.8 Å². The maximum atomic E-state index is 13.6. The van der Waals surface area contributed by atoms with Crippen LogP contribution in [-0.4, -0.2) is 44.7 Å². The summed E-state index contributed by atoms with van der Waals surface area (Å²) in [6.07, 6.45) is 4.93. The van der Waals surface area contributed by atoms with Gasteiger partial charge in [0.15, 0.2) is 9.84 Å². The highest BCUT2D eigenvalue weighted by molar-refractivity contribution is 7.92. The summed E-state index contributed by atoms with van der Waals surface area (Å²) >= 11 is 0. The standard InChI is InChI=1S/C24H18FN5O3S/c1-14-18(3-2-8-26-14)21-9-19-23(27-13-28-24(19)33-21)20-10-30(17-11-34(31,32)12-17)29-22(20)15-4-6-16(25)7-5-15/h2-10,13,17H,11-12H2,1H3. The third kappa shape index (κ3) is 3.47. The zero-order valence-electron chi connectivity index (χ0n) is 18.0. The van der Waals surface area contributed by atoms with Gasteiger partial charge in [0.25, 0.3) is 0 Å². The molecule has 5 heterocycles. The molecule has 8 nitrogen and oxygen atoms in total. The Labute approximate surface area is 194 Å². The molecular weight excluding hydrogens is 457 g/mol. The lowest BCUT2D eigenvalue weighted by molar-refractivity contribution is 0.474. The molecule has 0 saturated carbocycles. The number of furan rings is 1. The number of rotatable bonds is 4. The highest BCUT2D eigenvalue weighted by Gasteiger charge is 2.36. The maximum absolute atomic E-state index is 13.6. The number of benzene rings is 1. The van der Waals surface area contributed by atoms with Gasteiger partial charge in [-0.25, -0.2) is 22.8 Å². The van der Waals surface area contributed by atoms with Crippen LogP contribution >= 0.6 is 0 Å². The van der Waals surface area contributed by atoms with Crippen molar-refractivity contribution in [2.45, 2.75) is 13.0 Å². The molecule has 0 radical (unpaired) electrons. The molecule has 34 heavy (non-hydrogen) atoms. The van der Waals surface area contributed by atoms with Gasteiger partial charge in [0.1, 0.15) is 23.6 Å². The van der Waals surface area contributed by atoms with Crippen LogP contribution in [0.1, 0.15) is 11.7 Å². The lowest BCUT2D eigenvalue weighted by atomic mass is 10.0. The van der Waals surface area contributed by atoms with Crippen molar-refractivity contribution in [2.24, 2.45) is 0 Å². The number of nitrogens with zero attached hydrogens (tertiary/aromatic N) is 5. The van der Waals surface area contributed by atoms with Gasteiger partial charge in [0, 0.05) is 34.8 Å². The second-order valence-corrected chi connectivity index (χ2v) is 10.5. The molecule has 1 aliphatic heterocycles. The number of hydrogen-bond acceptors (Lipinski definition) is 7. The van der Waals surface area contributed by atoms with Crippen molar-refractivity contribution in [3.8, 4) is 33.8 Å². The van der Waals surface area contributed by atoms with Crippen LogP contribution in [0.25, 0.3) is 44.9 Å². The van der Waals surface area contributed by atoms with Crippen LogP contribution in [0.15, 0.2) is 65.6 Å². The van der Waals surface area contributed by atoms with Crippen molar-refractivity contribution in [1.82, 2.24) is 24.7 Å². The largest absolute Gasteiger partial charge is 0.438 e. The summed E-state index contributed by atoms with van der Waals surface area (Å²) in [7, 11) is -3.04. The third-order valence-electron chi connectivity index (χ3n) is 5.97. The first kappa shape index (κ1) is 20.7. The molecule has 1 saturated heterocycles. The van der Waals surface area contributed by atoms with E-state index < -0.39 is 9.84 Å². The highest BCUT2D eigenvalue weighted by atomic mass is 32.2. The average molecular weight is 476 g/mol. The number of sulfone groups is 1. The van der Waals surface area contributed by atoms with Gasteiger partial charge in [-0.15, -0.1) is 0 Å². The van der Waals surface area contributed by atoms with E-state index in [4.69, 9.17) is 4.42 Å². The molecule has 4 aromatic heterocycles. The Morgan fingerprint density at radius 2 is 1.82 bits per heavy atom. The van der Waals surface area contributed by atoms with Gasteiger partial charge >= 0.3 is 0 Å². The number of halogens is 1. The van der Waals surface area contributed by atoms with E-state index in [0.717, 1.165) is 11.3 Å². The Morgan fingerprint density at radius 3 is 2.56 bits per heavy atom. The van der Waals surface area contributed by atoms with Crippen LogP contribution < -0.4 is 0 Å². The highest BCUT2D eigenvalue weighted by Crippen LogP contribution is 2.38. The van der Waals surface area contributed by atoms with E-state index in [1.807, 2.05) is 25.1 Å². The Kier molecular flexibility index (Phi) is 4.59. The van der Waals surface area contributed by atoms with Gasteiger partial charge in [-0.1, -0.05) is 0 Å². The molecule has 1 fully saturated rings. The Hall–Kier alpha value is -3.92. The minimum absolute atomic E-state index is 0.0340.